The number of para-hydroxylation sites is 2. The van der Waals surface area contributed by atoms with Crippen LogP contribution in [0.3, 0.4) is 0 Å². The lowest BCUT2D eigenvalue weighted by atomic mass is 10.1. The second-order valence-corrected chi connectivity index (χ2v) is 9.23. The number of rotatable bonds is 4. The van der Waals surface area contributed by atoms with Crippen LogP contribution >= 0.6 is 11.8 Å². The fourth-order valence-electron chi connectivity index (χ4n) is 4.33. The van der Waals surface area contributed by atoms with E-state index in [4.69, 9.17) is 0 Å². The van der Waals surface area contributed by atoms with E-state index in [2.05, 4.69) is 0 Å². The normalized spacial score (nSPS) is 14.5. The zero-order chi connectivity index (χ0) is 24.1. The standard InChI is InChI=1S/C28H16N2O4S/c31-25-21-13-11-19(15-23(21)27(33)29(25)17-7-3-1-4-8-17)35-20-12-14-22-24(16-20)28(34)30(26(22)32)18-9-5-2-6-10-18/h1-16H. The van der Waals surface area contributed by atoms with Gasteiger partial charge in [-0.25, -0.2) is 9.80 Å². The first kappa shape index (κ1) is 21.1. The van der Waals surface area contributed by atoms with Gasteiger partial charge in [-0.2, -0.15) is 0 Å². The fourth-order valence-corrected chi connectivity index (χ4v) is 5.22. The van der Waals surface area contributed by atoms with Gasteiger partial charge in [0.25, 0.3) is 23.6 Å². The van der Waals surface area contributed by atoms with Crippen molar-refractivity contribution in [2.45, 2.75) is 9.79 Å². The number of anilines is 2. The number of benzene rings is 4. The molecule has 0 saturated carbocycles. The van der Waals surface area contributed by atoms with Gasteiger partial charge >= 0.3 is 0 Å². The Morgan fingerprint density at radius 3 is 1.20 bits per heavy atom. The van der Waals surface area contributed by atoms with Crippen LogP contribution in [-0.2, 0) is 0 Å². The number of hydrogen-bond donors (Lipinski definition) is 0. The molecule has 2 aliphatic rings. The Balaban J connectivity index is 1.29. The van der Waals surface area contributed by atoms with Gasteiger partial charge in [0.05, 0.1) is 33.6 Å². The average Bonchev–Trinajstić information content (AvgIpc) is 3.28. The average molecular weight is 477 g/mol. The van der Waals surface area contributed by atoms with Gasteiger partial charge in [-0.3, -0.25) is 19.2 Å². The van der Waals surface area contributed by atoms with Crippen LogP contribution in [0.2, 0.25) is 0 Å². The number of nitrogens with zero attached hydrogens (tertiary/aromatic N) is 2. The molecule has 6 rings (SSSR count). The van der Waals surface area contributed by atoms with Crippen LogP contribution < -0.4 is 9.80 Å². The molecule has 6 nitrogen and oxygen atoms in total. The summed E-state index contributed by atoms with van der Waals surface area (Å²) in [5, 5.41) is 0. The third-order valence-electron chi connectivity index (χ3n) is 5.98. The Labute approximate surface area is 204 Å². The SMILES string of the molecule is O=C1c2ccc(Sc3ccc4c(c3)C(=O)N(c3ccccc3)C4=O)cc2C(=O)N1c1ccccc1. The lowest BCUT2D eigenvalue weighted by molar-refractivity contribution is 0.0910. The van der Waals surface area contributed by atoms with E-state index in [9.17, 15) is 19.2 Å². The van der Waals surface area contributed by atoms with Crippen LogP contribution in [0.4, 0.5) is 11.4 Å². The van der Waals surface area contributed by atoms with Crippen LogP contribution in [0.1, 0.15) is 41.4 Å². The van der Waals surface area contributed by atoms with Crippen molar-refractivity contribution >= 4 is 46.8 Å². The molecule has 0 N–H and O–H groups in total. The Morgan fingerprint density at radius 2 is 0.800 bits per heavy atom. The molecule has 4 amide bonds. The highest BCUT2D eigenvalue weighted by atomic mass is 32.2. The van der Waals surface area contributed by atoms with Crippen LogP contribution in [0.15, 0.2) is 107 Å². The Morgan fingerprint density at radius 1 is 0.429 bits per heavy atom. The summed E-state index contributed by atoms with van der Waals surface area (Å²) in [5.74, 6) is -1.44. The summed E-state index contributed by atoms with van der Waals surface area (Å²) >= 11 is 1.36. The molecule has 0 spiro atoms. The first-order chi connectivity index (χ1) is 17.0. The lowest BCUT2D eigenvalue weighted by Gasteiger charge is -2.13. The third-order valence-corrected chi connectivity index (χ3v) is 6.96. The van der Waals surface area contributed by atoms with Gasteiger partial charge in [0.2, 0.25) is 0 Å². The minimum atomic E-state index is -0.369. The van der Waals surface area contributed by atoms with Crippen molar-refractivity contribution in [1.82, 2.24) is 0 Å². The van der Waals surface area contributed by atoms with Crippen molar-refractivity contribution in [3.8, 4) is 0 Å². The largest absolute Gasteiger partial charge is 0.268 e. The maximum absolute atomic E-state index is 13.0. The number of amides is 4. The first-order valence-electron chi connectivity index (χ1n) is 10.9. The smallest absolute Gasteiger partial charge is 0.266 e. The molecule has 35 heavy (non-hydrogen) atoms. The minimum absolute atomic E-state index is 0.339. The molecule has 0 bridgehead atoms. The van der Waals surface area contributed by atoms with Crippen LogP contribution in [0, 0.1) is 0 Å². The van der Waals surface area contributed by atoms with E-state index in [0.717, 1.165) is 9.79 Å². The van der Waals surface area contributed by atoms with Crippen molar-refractivity contribution < 1.29 is 19.2 Å². The summed E-state index contributed by atoms with van der Waals surface area (Å²) in [6.45, 7) is 0. The van der Waals surface area contributed by atoms with E-state index < -0.39 is 0 Å². The highest BCUT2D eigenvalue weighted by Gasteiger charge is 2.38. The molecule has 0 atom stereocenters. The van der Waals surface area contributed by atoms with Gasteiger partial charge in [0.15, 0.2) is 0 Å². The number of carbonyl (C=O) groups excluding carboxylic acids is 4. The van der Waals surface area contributed by atoms with Crippen LogP contribution in [-0.4, -0.2) is 23.6 Å². The molecule has 4 aromatic rings. The molecule has 2 aliphatic heterocycles. The second kappa shape index (κ2) is 8.07. The molecule has 0 radical (unpaired) electrons. The van der Waals surface area contributed by atoms with Crippen molar-refractivity contribution in [1.29, 1.82) is 0 Å². The van der Waals surface area contributed by atoms with Crippen molar-refractivity contribution in [3.05, 3.63) is 119 Å². The molecule has 168 valence electrons. The van der Waals surface area contributed by atoms with E-state index in [1.54, 1.807) is 84.9 Å². The molecule has 0 saturated heterocycles. The van der Waals surface area contributed by atoms with E-state index in [1.807, 2.05) is 12.1 Å². The minimum Gasteiger partial charge on any atom is -0.268 e. The molecule has 0 aromatic heterocycles. The Kier molecular flexibility index (Phi) is 4.86. The number of hydrogen-bond acceptors (Lipinski definition) is 5. The van der Waals surface area contributed by atoms with E-state index in [1.165, 1.54) is 21.6 Å². The van der Waals surface area contributed by atoms with Gasteiger partial charge < -0.3 is 0 Å². The molecule has 0 unspecified atom stereocenters. The van der Waals surface area contributed by atoms with Gasteiger partial charge in [-0.1, -0.05) is 48.2 Å². The van der Waals surface area contributed by atoms with Gasteiger partial charge in [-0.15, -0.1) is 0 Å². The van der Waals surface area contributed by atoms with E-state index >= 15 is 0 Å². The maximum Gasteiger partial charge on any atom is 0.266 e. The predicted molar refractivity (Wildman–Crippen MR) is 132 cm³/mol. The second-order valence-electron chi connectivity index (χ2n) is 8.08. The first-order valence-corrected chi connectivity index (χ1v) is 11.7. The molecule has 2 heterocycles. The molecular weight excluding hydrogens is 460 g/mol. The molecule has 7 heteroatoms. The van der Waals surface area contributed by atoms with Crippen molar-refractivity contribution in [3.63, 3.8) is 0 Å². The number of carbonyl (C=O) groups is 4. The summed E-state index contributed by atoms with van der Waals surface area (Å²) in [6.07, 6.45) is 0. The zero-order valence-electron chi connectivity index (χ0n) is 18.2. The van der Waals surface area contributed by atoms with E-state index in [0.29, 0.717) is 33.6 Å². The van der Waals surface area contributed by atoms with E-state index in [-0.39, 0.29) is 23.6 Å². The summed E-state index contributed by atoms with van der Waals surface area (Å²) in [5.41, 5.74) is 2.45. The van der Waals surface area contributed by atoms with Crippen LogP contribution in [0.5, 0.6) is 0 Å². The van der Waals surface area contributed by atoms with Crippen LogP contribution in [0.25, 0.3) is 0 Å². The molecule has 4 aromatic carbocycles. The zero-order valence-corrected chi connectivity index (χ0v) is 19.0. The summed E-state index contributed by atoms with van der Waals surface area (Å²) in [4.78, 5) is 55.6. The molecule has 0 aliphatic carbocycles. The summed E-state index contributed by atoms with van der Waals surface area (Å²) in [6, 6.07) is 27.9. The lowest BCUT2D eigenvalue weighted by Crippen LogP contribution is -2.29. The van der Waals surface area contributed by atoms with Crippen molar-refractivity contribution in [2.24, 2.45) is 0 Å². The maximum atomic E-state index is 13.0. The third kappa shape index (κ3) is 3.36. The summed E-state index contributed by atoms with van der Waals surface area (Å²) in [7, 11) is 0. The Bertz CT molecular complexity index is 1430. The summed E-state index contributed by atoms with van der Waals surface area (Å²) < 4.78 is 0. The number of imide groups is 2. The van der Waals surface area contributed by atoms with Crippen molar-refractivity contribution in [2.75, 3.05) is 9.80 Å². The predicted octanol–water partition coefficient (Wildman–Crippen LogP) is 5.44. The monoisotopic (exact) mass is 476 g/mol. The van der Waals surface area contributed by atoms with Gasteiger partial charge in [0.1, 0.15) is 0 Å². The molecular formula is C28H16N2O4S. The number of fused-ring (bicyclic) bond motifs is 2. The topological polar surface area (TPSA) is 74.8 Å². The van der Waals surface area contributed by atoms with Gasteiger partial charge in [-0.05, 0) is 60.7 Å². The van der Waals surface area contributed by atoms with Gasteiger partial charge in [0, 0.05) is 9.79 Å². The highest BCUT2D eigenvalue weighted by molar-refractivity contribution is 7.99. The highest BCUT2D eigenvalue weighted by Crippen LogP contribution is 2.36. The fraction of sp³-hybridized carbons (Fsp3) is 0. The molecule has 0 fully saturated rings. The quantitative estimate of drug-likeness (QED) is 0.367. The Hall–Kier alpha value is -4.49.